The number of carbonyl (C=O) groups is 2. The van der Waals surface area contributed by atoms with Crippen molar-refractivity contribution in [1.29, 1.82) is 5.26 Å². The van der Waals surface area contributed by atoms with Crippen molar-refractivity contribution in [2.24, 2.45) is 0 Å². The van der Waals surface area contributed by atoms with Gasteiger partial charge in [0, 0.05) is 17.7 Å². The fraction of sp³-hybridized carbons (Fsp3) is 0.211. The number of carbonyl (C=O) groups excluding carboxylic acids is 2. The number of amides is 2. The molecule has 0 aliphatic heterocycles. The number of anilines is 2. The van der Waals surface area contributed by atoms with Gasteiger partial charge in [-0.3, -0.25) is 9.59 Å². The van der Waals surface area contributed by atoms with Crippen LogP contribution in [-0.2, 0) is 4.79 Å². The van der Waals surface area contributed by atoms with Crippen LogP contribution in [0.1, 0.15) is 42.1 Å². The minimum absolute atomic E-state index is 0.0306. The molecule has 24 heavy (non-hydrogen) atoms. The molecule has 5 heteroatoms. The van der Waals surface area contributed by atoms with Gasteiger partial charge in [-0.15, -0.1) is 0 Å². The summed E-state index contributed by atoms with van der Waals surface area (Å²) in [5.74, 6) is -0.335. The predicted molar refractivity (Wildman–Crippen MR) is 93.7 cm³/mol. The summed E-state index contributed by atoms with van der Waals surface area (Å²) >= 11 is 0. The van der Waals surface area contributed by atoms with Gasteiger partial charge in [0.2, 0.25) is 5.91 Å². The van der Waals surface area contributed by atoms with Crippen LogP contribution in [0.5, 0.6) is 0 Å². The zero-order chi connectivity index (χ0) is 17.4. The molecule has 2 amide bonds. The number of unbranched alkanes of at least 4 members (excludes halogenated alkanes) is 1. The third-order valence-electron chi connectivity index (χ3n) is 3.48. The molecule has 0 aliphatic rings. The van der Waals surface area contributed by atoms with Crippen LogP contribution in [0.2, 0.25) is 0 Å². The molecule has 2 aromatic carbocycles. The van der Waals surface area contributed by atoms with E-state index in [0.29, 0.717) is 28.9 Å². The molecule has 5 nitrogen and oxygen atoms in total. The van der Waals surface area contributed by atoms with E-state index in [1.54, 1.807) is 48.5 Å². The summed E-state index contributed by atoms with van der Waals surface area (Å²) in [6, 6.07) is 15.5. The highest BCUT2D eigenvalue weighted by Crippen LogP contribution is 2.16. The summed E-state index contributed by atoms with van der Waals surface area (Å²) in [5.41, 5.74) is 1.99. The van der Waals surface area contributed by atoms with Crippen LogP contribution in [0.25, 0.3) is 0 Å². The Morgan fingerprint density at radius 3 is 2.42 bits per heavy atom. The summed E-state index contributed by atoms with van der Waals surface area (Å²) in [6.45, 7) is 2.03. The molecule has 0 atom stereocenters. The quantitative estimate of drug-likeness (QED) is 0.845. The maximum atomic E-state index is 12.2. The molecule has 0 unspecified atom stereocenters. The van der Waals surface area contributed by atoms with Crippen LogP contribution in [0.15, 0.2) is 48.5 Å². The largest absolute Gasteiger partial charge is 0.326 e. The monoisotopic (exact) mass is 321 g/mol. The number of nitrogens with one attached hydrogen (secondary N) is 2. The van der Waals surface area contributed by atoms with Crippen LogP contribution in [0, 0.1) is 11.3 Å². The lowest BCUT2D eigenvalue weighted by atomic mass is 10.1. The van der Waals surface area contributed by atoms with Gasteiger partial charge in [0.25, 0.3) is 5.91 Å². The summed E-state index contributed by atoms with van der Waals surface area (Å²) in [6.07, 6.45) is 2.31. The van der Waals surface area contributed by atoms with Gasteiger partial charge in [-0.05, 0) is 42.8 Å². The van der Waals surface area contributed by atoms with Crippen molar-refractivity contribution in [3.8, 4) is 6.07 Å². The lowest BCUT2D eigenvalue weighted by molar-refractivity contribution is -0.116. The Labute approximate surface area is 141 Å². The molecule has 0 fully saturated rings. The molecular weight excluding hydrogens is 302 g/mol. The predicted octanol–water partition coefficient (Wildman–Crippen LogP) is 3.94. The van der Waals surface area contributed by atoms with E-state index in [2.05, 4.69) is 10.6 Å². The van der Waals surface area contributed by atoms with Gasteiger partial charge in [0.1, 0.15) is 6.07 Å². The summed E-state index contributed by atoms with van der Waals surface area (Å²) in [5, 5.41) is 14.6. The van der Waals surface area contributed by atoms with Gasteiger partial charge in [0.05, 0.1) is 11.3 Å². The molecule has 0 heterocycles. The average Bonchev–Trinajstić information content (AvgIpc) is 2.61. The maximum absolute atomic E-state index is 12.2. The van der Waals surface area contributed by atoms with E-state index < -0.39 is 0 Å². The number of rotatable bonds is 6. The average molecular weight is 321 g/mol. The second-order valence-corrected chi connectivity index (χ2v) is 5.34. The van der Waals surface area contributed by atoms with Crippen LogP contribution in [-0.4, -0.2) is 11.8 Å². The molecule has 0 aliphatic carbocycles. The van der Waals surface area contributed by atoms with E-state index in [0.717, 1.165) is 12.8 Å². The normalized spacial score (nSPS) is 9.83. The number of para-hydroxylation sites is 1. The lowest BCUT2D eigenvalue weighted by Gasteiger charge is -2.08. The Bertz CT molecular complexity index is 761. The van der Waals surface area contributed by atoms with E-state index in [4.69, 9.17) is 5.26 Å². The molecule has 0 bridgehead atoms. The fourth-order valence-corrected chi connectivity index (χ4v) is 2.15. The highest BCUT2D eigenvalue weighted by atomic mass is 16.2. The SMILES string of the molecule is CCCCC(=O)Nc1ccc(C(=O)Nc2ccccc2C#N)cc1. The molecule has 122 valence electrons. The van der Waals surface area contributed by atoms with E-state index >= 15 is 0 Å². The minimum Gasteiger partial charge on any atom is -0.326 e. The summed E-state index contributed by atoms with van der Waals surface area (Å²) in [4.78, 5) is 23.9. The molecule has 0 aromatic heterocycles. The molecule has 0 radical (unpaired) electrons. The first-order valence-corrected chi connectivity index (χ1v) is 7.84. The summed E-state index contributed by atoms with van der Waals surface area (Å²) in [7, 11) is 0. The van der Waals surface area contributed by atoms with E-state index in [9.17, 15) is 9.59 Å². The first-order chi connectivity index (χ1) is 11.6. The Morgan fingerprint density at radius 2 is 1.75 bits per heavy atom. The molecule has 0 spiro atoms. The molecule has 2 aromatic rings. The van der Waals surface area contributed by atoms with Crippen LogP contribution >= 0.6 is 0 Å². The smallest absolute Gasteiger partial charge is 0.255 e. The molecule has 0 saturated heterocycles. The van der Waals surface area contributed by atoms with Crippen molar-refractivity contribution in [1.82, 2.24) is 0 Å². The Hall–Kier alpha value is -3.13. The zero-order valence-corrected chi connectivity index (χ0v) is 13.5. The molecule has 2 N–H and O–H groups in total. The topological polar surface area (TPSA) is 82.0 Å². The van der Waals surface area contributed by atoms with Gasteiger partial charge < -0.3 is 10.6 Å². The van der Waals surface area contributed by atoms with Gasteiger partial charge in [-0.2, -0.15) is 5.26 Å². The maximum Gasteiger partial charge on any atom is 0.255 e. The van der Waals surface area contributed by atoms with Gasteiger partial charge in [-0.1, -0.05) is 25.5 Å². The van der Waals surface area contributed by atoms with Crippen molar-refractivity contribution in [2.45, 2.75) is 26.2 Å². The Morgan fingerprint density at radius 1 is 1.04 bits per heavy atom. The van der Waals surface area contributed by atoms with Crippen molar-refractivity contribution in [2.75, 3.05) is 10.6 Å². The Balaban J connectivity index is 2.01. The highest BCUT2D eigenvalue weighted by molar-refractivity contribution is 6.05. The second-order valence-electron chi connectivity index (χ2n) is 5.34. The van der Waals surface area contributed by atoms with Crippen LogP contribution in [0.4, 0.5) is 11.4 Å². The van der Waals surface area contributed by atoms with Crippen molar-refractivity contribution >= 4 is 23.2 Å². The minimum atomic E-state index is -0.304. The van der Waals surface area contributed by atoms with E-state index in [1.165, 1.54) is 0 Å². The Kier molecular flexibility index (Phi) is 6.09. The number of nitrogens with zero attached hydrogens (tertiary/aromatic N) is 1. The van der Waals surface area contributed by atoms with Crippen LogP contribution in [0.3, 0.4) is 0 Å². The lowest BCUT2D eigenvalue weighted by Crippen LogP contribution is -2.14. The van der Waals surface area contributed by atoms with Gasteiger partial charge in [-0.25, -0.2) is 0 Å². The number of hydrogen-bond acceptors (Lipinski definition) is 3. The fourth-order valence-electron chi connectivity index (χ4n) is 2.15. The van der Waals surface area contributed by atoms with Crippen molar-refractivity contribution < 1.29 is 9.59 Å². The van der Waals surface area contributed by atoms with E-state index in [-0.39, 0.29) is 11.8 Å². The van der Waals surface area contributed by atoms with E-state index in [1.807, 2.05) is 13.0 Å². The third-order valence-corrected chi connectivity index (χ3v) is 3.48. The molecular formula is C19H19N3O2. The van der Waals surface area contributed by atoms with Crippen molar-refractivity contribution in [3.63, 3.8) is 0 Å². The molecule has 2 rings (SSSR count). The summed E-state index contributed by atoms with van der Waals surface area (Å²) < 4.78 is 0. The molecule has 0 saturated carbocycles. The first-order valence-electron chi connectivity index (χ1n) is 7.84. The highest BCUT2D eigenvalue weighted by Gasteiger charge is 2.09. The van der Waals surface area contributed by atoms with Crippen LogP contribution < -0.4 is 10.6 Å². The third kappa shape index (κ3) is 4.68. The van der Waals surface area contributed by atoms with Gasteiger partial charge >= 0.3 is 0 Å². The first kappa shape index (κ1) is 17.2. The standard InChI is InChI=1S/C19H19N3O2/c1-2-3-8-18(23)21-16-11-9-14(10-12-16)19(24)22-17-7-5-4-6-15(17)13-20/h4-7,9-12H,2-3,8H2,1H3,(H,21,23)(H,22,24). The zero-order valence-electron chi connectivity index (χ0n) is 13.5. The van der Waals surface area contributed by atoms with Crippen molar-refractivity contribution in [3.05, 3.63) is 59.7 Å². The number of benzene rings is 2. The number of hydrogen-bond donors (Lipinski definition) is 2. The number of nitriles is 1. The second kappa shape index (κ2) is 8.49. The van der Waals surface area contributed by atoms with Gasteiger partial charge in [0.15, 0.2) is 0 Å².